The molecule has 2 rings (SSSR count). The van der Waals surface area contributed by atoms with Crippen molar-refractivity contribution in [3.05, 3.63) is 24.3 Å². The number of ether oxygens (including phenoxy) is 2. The Morgan fingerprint density at radius 3 is 2.74 bits per heavy atom. The highest BCUT2D eigenvalue weighted by atomic mass is 16.5. The number of methoxy groups -OCH3 is 1. The molecule has 0 amide bonds. The number of aliphatic carboxylic acids is 1. The summed E-state index contributed by atoms with van der Waals surface area (Å²) in [4.78, 5) is 11.4. The largest absolute Gasteiger partial charge is 0.493 e. The van der Waals surface area contributed by atoms with Gasteiger partial charge in [-0.05, 0) is 31.5 Å². The molecule has 1 unspecified atom stereocenters. The van der Waals surface area contributed by atoms with Crippen molar-refractivity contribution >= 4 is 5.97 Å². The molecule has 1 aliphatic rings. The van der Waals surface area contributed by atoms with Crippen LogP contribution in [-0.4, -0.2) is 37.9 Å². The van der Waals surface area contributed by atoms with E-state index in [1.54, 1.807) is 7.11 Å². The summed E-state index contributed by atoms with van der Waals surface area (Å²) in [5.41, 5.74) is -0.692. The quantitative estimate of drug-likeness (QED) is 0.816. The Hall–Kier alpha value is -1.75. The van der Waals surface area contributed by atoms with E-state index in [9.17, 15) is 9.90 Å². The number of carboxylic acid groups (broad SMARTS) is 1. The number of hydrogen-bond donors (Lipinski definition) is 2. The first-order valence-corrected chi connectivity index (χ1v) is 6.38. The molecule has 1 aromatic carbocycles. The van der Waals surface area contributed by atoms with Crippen molar-refractivity contribution in [1.29, 1.82) is 0 Å². The normalized spacial score (nSPS) is 22.2. The van der Waals surface area contributed by atoms with E-state index in [4.69, 9.17) is 9.47 Å². The van der Waals surface area contributed by atoms with Crippen molar-refractivity contribution < 1.29 is 19.4 Å². The van der Waals surface area contributed by atoms with Gasteiger partial charge < -0.3 is 19.9 Å². The van der Waals surface area contributed by atoms with Gasteiger partial charge in [0.25, 0.3) is 0 Å². The fourth-order valence-corrected chi connectivity index (χ4v) is 2.34. The van der Waals surface area contributed by atoms with Crippen LogP contribution < -0.4 is 14.8 Å². The minimum Gasteiger partial charge on any atom is -0.493 e. The van der Waals surface area contributed by atoms with E-state index in [0.717, 1.165) is 6.54 Å². The summed E-state index contributed by atoms with van der Waals surface area (Å²) in [5, 5.41) is 12.4. The van der Waals surface area contributed by atoms with Gasteiger partial charge in [-0.25, -0.2) is 0 Å². The van der Waals surface area contributed by atoms with Crippen LogP contribution >= 0.6 is 0 Å². The summed E-state index contributed by atoms with van der Waals surface area (Å²) in [6.45, 7) is 1.63. The second-order valence-corrected chi connectivity index (χ2v) is 4.76. The number of carbonyl (C=O) groups is 1. The van der Waals surface area contributed by atoms with Gasteiger partial charge in [0.1, 0.15) is 0 Å². The average molecular weight is 265 g/mol. The maximum atomic E-state index is 11.4. The van der Waals surface area contributed by atoms with Crippen LogP contribution in [0.4, 0.5) is 0 Å². The SMILES string of the molecule is COc1ccccc1OCCC1(C(=O)O)CCNC1. The zero-order chi connectivity index (χ0) is 13.7. The molecule has 1 fully saturated rings. The predicted molar refractivity (Wildman–Crippen MR) is 70.7 cm³/mol. The molecule has 1 aromatic rings. The first-order chi connectivity index (χ1) is 9.18. The Morgan fingerprint density at radius 2 is 2.16 bits per heavy atom. The highest BCUT2D eigenvalue weighted by Crippen LogP contribution is 2.31. The maximum absolute atomic E-state index is 11.4. The topological polar surface area (TPSA) is 67.8 Å². The number of rotatable bonds is 6. The lowest BCUT2D eigenvalue weighted by atomic mass is 9.84. The third-order valence-corrected chi connectivity index (χ3v) is 3.60. The summed E-state index contributed by atoms with van der Waals surface area (Å²) in [6.07, 6.45) is 1.14. The maximum Gasteiger partial charge on any atom is 0.311 e. The molecule has 5 heteroatoms. The molecule has 1 heterocycles. The van der Waals surface area contributed by atoms with Gasteiger partial charge in [0.2, 0.25) is 0 Å². The van der Waals surface area contributed by atoms with E-state index in [2.05, 4.69) is 5.32 Å². The number of carboxylic acids is 1. The average Bonchev–Trinajstić information content (AvgIpc) is 2.89. The molecule has 2 N–H and O–H groups in total. The second kappa shape index (κ2) is 5.93. The highest BCUT2D eigenvalue weighted by molar-refractivity contribution is 5.75. The van der Waals surface area contributed by atoms with E-state index >= 15 is 0 Å². The van der Waals surface area contributed by atoms with Crippen LogP contribution in [-0.2, 0) is 4.79 Å². The number of hydrogen-bond acceptors (Lipinski definition) is 4. The van der Waals surface area contributed by atoms with Crippen LogP contribution in [0.15, 0.2) is 24.3 Å². The molecule has 0 radical (unpaired) electrons. The van der Waals surface area contributed by atoms with E-state index in [0.29, 0.717) is 37.5 Å². The fraction of sp³-hybridized carbons (Fsp3) is 0.500. The Bertz CT molecular complexity index is 441. The summed E-state index contributed by atoms with van der Waals surface area (Å²) < 4.78 is 10.8. The molecule has 1 atom stereocenters. The lowest BCUT2D eigenvalue weighted by molar-refractivity contribution is -0.148. The zero-order valence-corrected chi connectivity index (χ0v) is 11.0. The second-order valence-electron chi connectivity index (χ2n) is 4.76. The lowest BCUT2D eigenvalue weighted by Gasteiger charge is -2.23. The smallest absolute Gasteiger partial charge is 0.311 e. The Balaban J connectivity index is 1.94. The first kappa shape index (κ1) is 13.7. The fourth-order valence-electron chi connectivity index (χ4n) is 2.34. The van der Waals surface area contributed by atoms with Crippen LogP contribution in [0.1, 0.15) is 12.8 Å². The number of para-hydroxylation sites is 2. The van der Waals surface area contributed by atoms with Crippen molar-refractivity contribution in [3.63, 3.8) is 0 Å². The van der Waals surface area contributed by atoms with Gasteiger partial charge >= 0.3 is 5.97 Å². The van der Waals surface area contributed by atoms with Crippen molar-refractivity contribution in [2.45, 2.75) is 12.8 Å². The molecule has 104 valence electrons. The van der Waals surface area contributed by atoms with Crippen LogP contribution in [0, 0.1) is 5.41 Å². The van der Waals surface area contributed by atoms with Gasteiger partial charge in [-0.2, -0.15) is 0 Å². The van der Waals surface area contributed by atoms with E-state index in [1.807, 2.05) is 24.3 Å². The van der Waals surface area contributed by atoms with Crippen molar-refractivity contribution in [2.24, 2.45) is 5.41 Å². The molecule has 0 spiro atoms. The van der Waals surface area contributed by atoms with Gasteiger partial charge in [-0.15, -0.1) is 0 Å². The van der Waals surface area contributed by atoms with Crippen LogP contribution in [0.2, 0.25) is 0 Å². The van der Waals surface area contributed by atoms with Crippen molar-refractivity contribution in [2.75, 3.05) is 26.8 Å². The van der Waals surface area contributed by atoms with Crippen LogP contribution in [0.3, 0.4) is 0 Å². The molecule has 5 nitrogen and oxygen atoms in total. The first-order valence-electron chi connectivity index (χ1n) is 6.38. The monoisotopic (exact) mass is 265 g/mol. The summed E-state index contributed by atoms with van der Waals surface area (Å²) in [6, 6.07) is 7.37. The Kier molecular flexibility index (Phi) is 4.27. The van der Waals surface area contributed by atoms with Gasteiger partial charge in [-0.1, -0.05) is 12.1 Å². The van der Waals surface area contributed by atoms with Crippen molar-refractivity contribution in [1.82, 2.24) is 5.32 Å². The number of benzene rings is 1. The Labute approximate surface area is 112 Å². The van der Waals surface area contributed by atoms with Gasteiger partial charge in [0.05, 0.1) is 19.1 Å². The Morgan fingerprint density at radius 1 is 1.42 bits per heavy atom. The highest BCUT2D eigenvalue weighted by Gasteiger charge is 2.41. The number of nitrogens with one attached hydrogen (secondary N) is 1. The lowest BCUT2D eigenvalue weighted by Crippen LogP contribution is -2.34. The van der Waals surface area contributed by atoms with E-state index in [-0.39, 0.29) is 0 Å². The summed E-state index contributed by atoms with van der Waals surface area (Å²) in [7, 11) is 1.59. The molecular formula is C14H19NO4. The molecular weight excluding hydrogens is 246 g/mol. The molecule has 19 heavy (non-hydrogen) atoms. The van der Waals surface area contributed by atoms with E-state index < -0.39 is 11.4 Å². The van der Waals surface area contributed by atoms with Gasteiger partial charge in [0.15, 0.2) is 11.5 Å². The minimum absolute atomic E-state index is 0.369. The molecule has 0 saturated carbocycles. The third-order valence-electron chi connectivity index (χ3n) is 3.60. The molecule has 0 bridgehead atoms. The molecule has 1 saturated heterocycles. The zero-order valence-electron chi connectivity index (χ0n) is 11.0. The minimum atomic E-state index is -0.749. The van der Waals surface area contributed by atoms with Crippen molar-refractivity contribution in [3.8, 4) is 11.5 Å². The van der Waals surface area contributed by atoms with Gasteiger partial charge in [-0.3, -0.25) is 4.79 Å². The predicted octanol–water partition coefficient (Wildman–Crippen LogP) is 1.53. The third kappa shape index (κ3) is 2.98. The van der Waals surface area contributed by atoms with Crippen LogP contribution in [0.5, 0.6) is 11.5 Å². The summed E-state index contributed by atoms with van der Waals surface area (Å²) in [5.74, 6) is 0.564. The van der Waals surface area contributed by atoms with E-state index in [1.165, 1.54) is 0 Å². The summed E-state index contributed by atoms with van der Waals surface area (Å²) >= 11 is 0. The van der Waals surface area contributed by atoms with Gasteiger partial charge in [0, 0.05) is 6.54 Å². The van der Waals surface area contributed by atoms with Crippen LogP contribution in [0.25, 0.3) is 0 Å². The standard InChI is InChI=1S/C14H19NO4/c1-18-11-4-2-3-5-12(11)19-9-7-14(13(16)17)6-8-15-10-14/h2-5,15H,6-10H2,1H3,(H,16,17). The molecule has 0 aliphatic carbocycles. The molecule has 1 aliphatic heterocycles. The molecule has 0 aromatic heterocycles.